The number of benzene rings is 1. The lowest BCUT2D eigenvalue weighted by atomic mass is 9.44. The molecule has 1 aliphatic heterocycles. The van der Waals surface area contributed by atoms with Gasteiger partial charge >= 0.3 is 0 Å². The summed E-state index contributed by atoms with van der Waals surface area (Å²) in [5.41, 5.74) is -5.17. The number of nitrogens with one attached hydrogen (secondary N) is 1. The molecule has 1 amide bonds. The van der Waals surface area contributed by atoms with E-state index in [9.17, 15) is 24.6 Å². The third kappa shape index (κ3) is 3.46. The maximum absolute atomic E-state index is 17.5. The number of aliphatic hydroxyl groups is 2. The van der Waals surface area contributed by atoms with E-state index >= 15 is 8.78 Å². The zero-order valence-corrected chi connectivity index (χ0v) is 24.2. The van der Waals surface area contributed by atoms with Crippen molar-refractivity contribution in [3.63, 3.8) is 0 Å². The number of hydroxylamine groups is 1. The lowest BCUT2D eigenvalue weighted by Crippen LogP contribution is -2.70. The van der Waals surface area contributed by atoms with Crippen molar-refractivity contribution in [2.24, 2.45) is 28.6 Å². The number of fused-ring (bicyclic) bond motifs is 7. The van der Waals surface area contributed by atoms with Crippen LogP contribution in [0.4, 0.5) is 25.0 Å². The molecule has 214 valence electrons. The number of hydrogen-bond acceptors (Lipinski definition) is 7. The molecule has 11 heteroatoms. The Hall–Kier alpha value is -2.22. The Morgan fingerprint density at radius 3 is 2.55 bits per heavy atom. The Bertz CT molecular complexity index is 1350. The second kappa shape index (κ2) is 9.14. The number of nitrogens with zero attached hydrogens (tertiary/aromatic N) is 1. The van der Waals surface area contributed by atoms with Crippen LogP contribution in [0, 0.1) is 28.6 Å². The van der Waals surface area contributed by atoms with Gasteiger partial charge in [-0.2, -0.15) is 0 Å². The molecule has 1 heterocycles. The van der Waals surface area contributed by atoms with Crippen LogP contribution in [0.15, 0.2) is 48.1 Å². The van der Waals surface area contributed by atoms with E-state index in [1.165, 1.54) is 12.2 Å². The zero-order valence-electron chi connectivity index (χ0n) is 22.1. The molecule has 9 atom stereocenters. The van der Waals surface area contributed by atoms with Crippen molar-refractivity contribution in [1.82, 2.24) is 0 Å². The highest BCUT2D eigenvalue weighted by Crippen LogP contribution is 2.72. The number of alkyl halides is 2. The van der Waals surface area contributed by atoms with Crippen molar-refractivity contribution in [1.29, 1.82) is 0 Å². The molecule has 0 unspecified atom stereocenters. The van der Waals surface area contributed by atoms with E-state index in [0.717, 1.165) is 6.08 Å². The quantitative estimate of drug-likeness (QED) is 0.250. The van der Waals surface area contributed by atoms with Crippen LogP contribution in [0.3, 0.4) is 0 Å². The maximum Gasteiger partial charge on any atom is 0.284 e. The second-order valence-electron chi connectivity index (χ2n) is 12.2. The fourth-order valence-corrected chi connectivity index (χ4v) is 9.16. The number of aliphatic hydroxyl groups excluding tert-OH is 2. The second-order valence-corrected chi connectivity index (χ2v) is 13.2. The Morgan fingerprint density at radius 1 is 1.20 bits per heavy atom. The molecule has 1 saturated heterocycles. The number of Topliss-reactive ketones (excluding diaryl/α,β-unsaturated/α-hetero) is 1. The third-order valence-corrected chi connectivity index (χ3v) is 10.8. The highest BCUT2D eigenvalue weighted by atomic mass is 127. The fourth-order valence-electron chi connectivity index (χ4n) is 8.84. The normalized spacial score (nSPS) is 43.4. The van der Waals surface area contributed by atoms with Gasteiger partial charge in [-0.3, -0.25) is 24.3 Å². The van der Waals surface area contributed by atoms with Gasteiger partial charge in [0, 0.05) is 50.9 Å². The number of amides is 1. The highest BCUT2D eigenvalue weighted by molar-refractivity contribution is 14.1. The SMILES string of the molecule is C[C@]12C=CC(=O)C=C1[C@@H](F)C[C@H]1[C@@H]3C[C@H]4CN(c5ccc(NC(=O)I)cc5)O[C@@]4(C(=O)CO)[C@@]3(C)C[C@H](O)[C@@]12F. The highest BCUT2D eigenvalue weighted by Gasteiger charge is 2.79. The van der Waals surface area contributed by atoms with Crippen molar-refractivity contribution in [3.8, 4) is 0 Å². The zero-order chi connectivity index (χ0) is 28.8. The molecular formula is C29H31F2IN2O6. The van der Waals surface area contributed by atoms with Gasteiger partial charge < -0.3 is 15.5 Å². The van der Waals surface area contributed by atoms with E-state index in [0.29, 0.717) is 17.8 Å². The number of anilines is 2. The largest absolute Gasteiger partial charge is 0.390 e. The molecular weight excluding hydrogens is 637 g/mol. The Kier molecular flexibility index (Phi) is 6.38. The van der Waals surface area contributed by atoms with Crippen molar-refractivity contribution in [3.05, 3.63) is 48.1 Å². The van der Waals surface area contributed by atoms with Crippen LogP contribution in [-0.2, 0) is 14.4 Å². The first kappa shape index (κ1) is 27.9. The Labute approximate surface area is 243 Å². The van der Waals surface area contributed by atoms with E-state index < -0.39 is 70.3 Å². The molecule has 5 aliphatic rings. The van der Waals surface area contributed by atoms with Gasteiger partial charge in [-0.25, -0.2) is 8.78 Å². The summed E-state index contributed by atoms with van der Waals surface area (Å²) in [6, 6.07) is 6.88. The molecule has 0 aromatic heterocycles. The Morgan fingerprint density at radius 2 is 1.90 bits per heavy atom. The topological polar surface area (TPSA) is 116 Å². The lowest BCUT2D eigenvalue weighted by Gasteiger charge is -2.63. The van der Waals surface area contributed by atoms with Gasteiger partial charge in [-0.1, -0.05) is 13.0 Å². The number of halogens is 3. The molecule has 0 radical (unpaired) electrons. The summed E-state index contributed by atoms with van der Waals surface area (Å²) in [6.45, 7) is 2.81. The summed E-state index contributed by atoms with van der Waals surface area (Å²) in [6.07, 6.45) is 0.610. The molecule has 3 N–H and O–H groups in total. The minimum atomic E-state index is -2.26. The molecule has 1 aromatic carbocycles. The summed E-state index contributed by atoms with van der Waals surface area (Å²) in [5, 5.41) is 25.9. The summed E-state index contributed by atoms with van der Waals surface area (Å²) in [7, 11) is 0. The number of rotatable bonds is 4. The van der Waals surface area contributed by atoms with Gasteiger partial charge in [0.2, 0.25) is 0 Å². The number of allylic oxidation sites excluding steroid dienone is 4. The average Bonchev–Trinajstić information content (AvgIpc) is 3.40. The van der Waals surface area contributed by atoms with Crippen LogP contribution >= 0.6 is 22.6 Å². The van der Waals surface area contributed by atoms with Gasteiger partial charge in [0.25, 0.3) is 3.91 Å². The predicted octanol–water partition coefficient (Wildman–Crippen LogP) is 4.25. The first-order valence-corrected chi connectivity index (χ1v) is 14.5. The number of carbonyl (C=O) groups is 3. The van der Waals surface area contributed by atoms with E-state index in [2.05, 4.69) is 5.32 Å². The number of ketones is 2. The first-order valence-electron chi connectivity index (χ1n) is 13.5. The monoisotopic (exact) mass is 668 g/mol. The molecule has 0 spiro atoms. The molecule has 4 fully saturated rings. The third-order valence-electron chi connectivity index (χ3n) is 10.6. The van der Waals surface area contributed by atoms with Crippen LogP contribution in [0.5, 0.6) is 0 Å². The van der Waals surface area contributed by atoms with Gasteiger partial charge in [0.1, 0.15) is 12.8 Å². The van der Waals surface area contributed by atoms with E-state index in [1.54, 1.807) is 65.8 Å². The standard InChI is InChI=1S/C29H31F2IN2O6/c1-26-8-7-18(36)10-21(26)22(30)11-20-19-9-15-13-34(17-5-3-16(4-6-17)33-25(32)39)40-29(15,24(38)14-35)27(19,2)12-23(37)28(20,26)31/h3-8,10,15,19-20,22-23,35,37H,9,11-14H2,1-2H3,(H,33,39)/t15-,19-,20-,22-,23-,26-,27-,28-,29-/m0/s1. The molecule has 6 rings (SSSR count). The van der Waals surface area contributed by atoms with E-state index in [1.807, 2.05) is 0 Å². The van der Waals surface area contributed by atoms with Crippen molar-refractivity contribution >= 4 is 49.4 Å². The minimum Gasteiger partial charge on any atom is -0.390 e. The van der Waals surface area contributed by atoms with E-state index in [-0.39, 0.29) is 28.9 Å². The molecule has 3 saturated carbocycles. The fraction of sp³-hybridized carbons (Fsp3) is 0.552. The van der Waals surface area contributed by atoms with Crippen LogP contribution in [-0.4, -0.2) is 62.4 Å². The summed E-state index contributed by atoms with van der Waals surface area (Å²) < 4.78 is 32.9. The molecule has 40 heavy (non-hydrogen) atoms. The van der Waals surface area contributed by atoms with Crippen LogP contribution in [0.1, 0.15) is 33.1 Å². The molecule has 8 nitrogen and oxygen atoms in total. The van der Waals surface area contributed by atoms with Gasteiger partial charge in [-0.05, 0) is 74.1 Å². The summed E-state index contributed by atoms with van der Waals surface area (Å²) in [4.78, 5) is 43.5. The van der Waals surface area contributed by atoms with Gasteiger partial charge in [0.15, 0.2) is 22.8 Å². The van der Waals surface area contributed by atoms with Gasteiger partial charge in [-0.15, -0.1) is 0 Å². The summed E-state index contributed by atoms with van der Waals surface area (Å²) >= 11 is 1.63. The van der Waals surface area contributed by atoms with Gasteiger partial charge in [0.05, 0.1) is 18.3 Å². The van der Waals surface area contributed by atoms with Crippen LogP contribution in [0.2, 0.25) is 0 Å². The maximum atomic E-state index is 17.5. The van der Waals surface area contributed by atoms with Crippen LogP contribution < -0.4 is 10.4 Å². The van der Waals surface area contributed by atoms with Crippen molar-refractivity contribution < 1.29 is 38.2 Å². The first-order chi connectivity index (χ1) is 18.8. The summed E-state index contributed by atoms with van der Waals surface area (Å²) in [5.74, 6) is -2.88. The number of hydrogen-bond donors (Lipinski definition) is 3. The molecule has 1 aromatic rings. The predicted molar refractivity (Wildman–Crippen MR) is 150 cm³/mol. The van der Waals surface area contributed by atoms with E-state index in [4.69, 9.17) is 4.84 Å². The van der Waals surface area contributed by atoms with Crippen LogP contribution in [0.25, 0.3) is 0 Å². The minimum absolute atomic E-state index is 0.0466. The molecule has 0 bridgehead atoms. The average molecular weight is 668 g/mol. The lowest BCUT2D eigenvalue weighted by molar-refractivity contribution is -0.228. The van der Waals surface area contributed by atoms with Crippen molar-refractivity contribution in [2.45, 2.75) is 56.7 Å². The number of carbonyl (C=O) groups excluding carboxylic acids is 3. The smallest absolute Gasteiger partial charge is 0.284 e. The molecule has 4 aliphatic carbocycles. The Balaban J connectivity index is 1.39. The van der Waals surface area contributed by atoms with Crippen molar-refractivity contribution in [2.75, 3.05) is 23.5 Å².